The van der Waals surface area contributed by atoms with Gasteiger partial charge >= 0.3 is 5.97 Å². The number of hydrogen-bond acceptors (Lipinski definition) is 2. The van der Waals surface area contributed by atoms with E-state index >= 15 is 0 Å². The molecule has 2 aliphatic carbocycles. The lowest BCUT2D eigenvalue weighted by Gasteiger charge is -2.23. The summed E-state index contributed by atoms with van der Waals surface area (Å²) in [5, 5.41) is 12.6. The molecule has 4 nitrogen and oxygen atoms in total. The van der Waals surface area contributed by atoms with Gasteiger partial charge in [0.1, 0.15) is 5.82 Å². The highest BCUT2D eigenvalue weighted by Crippen LogP contribution is 2.50. The van der Waals surface area contributed by atoms with Crippen molar-refractivity contribution in [2.24, 2.45) is 11.8 Å². The van der Waals surface area contributed by atoms with Gasteiger partial charge in [0.25, 0.3) is 0 Å². The highest BCUT2D eigenvalue weighted by atomic mass is 35.5. The minimum absolute atomic E-state index is 0.183. The van der Waals surface area contributed by atoms with Gasteiger partial charge in [-0.15, -0.1) is 0 Å². The molecule has 4 atom stereocenters. The summed E-state index contributed by atoms with van der Waals surface area (Å²) in [6, 6.07) is 4.18. The summed E-state index contributed by atoms with van der Waals surface area (Å²) in [6.45, 7) is 0. The van der Waals surface area contributed by atoms with Crippen molar-refractivity contribution in [1.82, 2.24) is 5.32 Å². The van der Waals surface area contributed by atoms with Gasteiger partial charge in [-0.2, -0.15) is 0 Å². The molecule has 24 heavy (non-hydrogen) atoms. The second kappa shape index (κ2) is 7.09. The van der Waals surface area contributed by atoms with Crippen molar-refractivity contribution < 1.29 is 19.1 Å². The van der Waals surface area contributed by atoms with Crippen molar-refractivity contribution in [3.8, 4) is 0 Å². The summed E-state index contributed by atoms with van der Waals surface area (Å²) in [6.07, 6.45) is 4.61. The predicted molar refractivity (Wildman–Crippen MR) is 88.4 cm³/mol. The largest absolute Gasteiger partial charge is 0.481 e. The first-order valence-electron chi connectivity index (χ1n) is 8.46. The normalized spacial score (nSPS) is 29.6. The van der Waals surface area contributed by atoms with Crippen molar-refractivity contribution in [2.75, 3.05) is 0 Å². The van der Waals surface area contributed by atoms with E-state index in [4.69, 9.17) is 11.6 Å². The van der Waals surface area contributed by atoms with Crippen LogP contribution in [0.5, 0.6) is 0 Å². The number of carboxylic acid groups (broad SMARTS) is 1. The first-order valence-corrected chi connectivity index (χ1v) is 8.84. The topological polar surface area (TPSA) is 66.4 Å². The van der Waals surface area contributed by atoms with Gasteiger partial charge < -0.3 is 10.4 Å². The van der Waals surface area contributed by atoms with Gasteiger partial charge in [0.15, 0.2) is 0 Å². The number of halogens is 2. The summed E-state index contributed by atoms with van der Waals surface area (Å²) in [5.74, 6) is -2.50. The van der Waals surface area contributed by atoms with Crippen LogP contribution < -0.4 is 5.32 Å². The quantitative estimate of drug-likeness (QED) is 0.810. The molecule has 6 heteroatoms. The van der Waals surface area contributed by atoms with Gasteiger partial charge in [-0.3, -0.25) is 9.59 Å². The van der Waals surface area contributed by atoms with E-state index in [1.807, 2.05) is 0 Å². The van der Waals surface area contributed by atoms with E-state index in [0.29, 0.717) is 29.8 Å². The zero-order chi connectivity index (χ0) is 17.3. The van der Waals surface area contributed by atoms with Crippen LogP contribution in [0.3, 0.4) is 0 Å². The third-order valence-corrected chi connectivity index (χ3v) is 5.49. The Morgan fingerprint density at radius 2 is 1.92 bits per heavy atom. The highest BCUT2D eigenvalue weighted by molar-refractivity contribution is 6.31. The maximum absolute atomic E-state index is 14.0. The molecule has 1 aromatic rings. The number of hydrogen-bond donors (Lipinski definition) is 2. The zero-order valence-electron chi connectivity index (χ0n) is 13.3. The van der Waals surface area contributed by atoms with Crippen LogP contribution in [-0.4, -0.2) is 23.0 Å². The van der Waals surface area contributed by atoms with Crippen molar-refractivity contribution in [3.05, 3.63) is 34.6 Å². The Morgan fingerprint density at radius 1 is 1.17 bits per heavy atom. The maximum atomic E-state index is 14.0. The Bertz CT molecular complexity index is 631. The Labute approximate surface area is 145 Å². The Hall–Kier alpha value is -1.62. The molecular weight excluding hydrogens is 333 g/mol. The lowest BCUT2D eigenvalue weighted by Crippen LogP contribution is -2.43. The minimum atomic E-state index is -0.855. The van der Waals surface area contributed by atoms with Crippen LogP contribution in [0.4, 0.5) is 4.39 Å². The molecule has 0 aromatic heterocycles. The highest BCUT2D eigenvalue weighted by Gasteiger charge is 2.47. The van der Waals surface area contributed by atoms with Gasteiger partial charge in [-0.25, -0.2) is 4.39 Å². The van der Waals surface area contributed by atoms with Crippen LogP contribution in [0.25, 0.3) is 0 Å². The predicted octanol–water partition coefficient (Wildman–Crippen LogP) is 3.73. The Balaban J connectivity index is 1.66. The lowest BCUT2D eigenvalue weighted by molar-refractivity contribution is -0.143. The van der Waals surface area contributed by atoms with E-state index in [0.717, 1.165) is 19.3 Å². The number of carbonyl (C=O) groups is 2. The van der Waals surface area contributed by atoms with Gasteiger partial charge in [0.2, 0.25) is 5.91 Å². The number of rotatable bonds is 4. The first kappa shape index (κ1) is 17.2. The fourth-order valence-electron chi connectivity index (χ4n) is 3.73. The van der Waals surface area contributed by atoms with E-state index in [1.165, 1.54) is 6.07 Å². The third-order valence-electron chi connectivity index (χ3n) is 5.16. The molecule has 0 spiro atoms. The standard InChI is InChI=1S/C18H21ClFNO3/c19-13-6-4-7-14(20)16(13)11-9-12(11)17(22)21-15-8-3-1-2-5-10(15)18(23)24/h4,6-7,10-12,15H,1-3,5,8-9H2,(H,21,22)(H,23,24)/t10-,11?,12?,15+/m1/s1. The van der Waals surface area contributed by atoms with Crippen LogP contribution in [0, 0.1) is 17.7 Å². The molecule has 2 unspecified atom stereocenters. The van der Waals surface area contributed by atoms with Crippen molar-refractivity contribution in [1.29, 1.82) is 0 Å². The van der Waals surface area contributed by atoms with Crippen molar-refractivity contribution in [2.45, 2.75) is 50.5 Å². The molecule has 130 valence electrons. The number of benzene rings is 1. The van der Waals surface area contributed by atoms with E-state index in [-0.39, 0.29) is 29.6 Å². The summed E-state index contributed by atoms with van der Waals surface area (Å²) in [4.78, 5) is 23.9. The van der Waals surface area contributed by atoms with E-state index in [9.17, 15) is 19.1 Å². The Morgan fingerprint density at radius 3 is 2.62 bits per heavy atom. The summed E-state index contributed by atoms with van der Waals surface area (Å²) >= 11 is 6.06. The minimum Gasteiger partial charge on any atom is -0.481 e. The molecular formula is C18H21ClFNO3. The van der Waals surface area contributed by atoms with Crippen LogP contribution >= 0.6 is 11.6 Å². The number of nitrogens with one attached hydrogen (secondary N) is 1. The second-order valence-corrected chi connectivity index (χ2v) is 7.19. The fraction of sp³-hybridized carbons (Fsp3) is 0.556. The van der Waals surface area contributed by atoms with Crippen molar-refractivity contribution in [3.63, 3.8) is 0 Å². The molecule has 3 rings (SSSR count). The van der Waals surface area contributed by atoms with Crippen LogP contribution in [0.15, 0.2) is 18.2 Å². The molecule has 1 aromatic carbocycles. The fourth-order valence-corrected chi connectivity index (χ4v) is 4.04. The molecule has 2 saturated carbocycles. The monoisotopic (exact) mass is 353 g/mol. The molecule has 2 N–H and O–H groups in total. The lowest BCUT2D eigenvalue weighted by atomic mass is 9.94. The van der Waals surface area contributed by atoms with Crippen LogP contribution in [-0.2, 0) is 9.59 Å². The summed E-state index contributed by atoms with van der Waals surface area (Å²) in [7, 11) is 0. The molecule has 2 fully saturated rings. The molecule has 1 amide bonds. The molecule has 2 aliphatic rings. The van der Waals surface area contributed by atoms with E-state index in [2.05, 4.69) is 5.32 Å². The summed E-state index contributed by atoms with van der Waals surface area (Å²) in [5.41, 5.74) is 0.398. The molecule has 0 aliphatic heterocycles. The molecule has 0 bridgehead atoms. The number of amides is 1. The molecule has 0 heterocycles. The average Bonchev–Trinajstić information content (AvgIpc) is 3.31. The smallest absolute Gasteiger partial charge is 0.308 e. The number of carbonyl (C=O) groups excluding carboxylic acids is 1. The maximum Gasteiger partial charge on any atom is 0.308 e. The van der Waals surface area contributed by atoms with E-state index in [1.54, 1.807) is 12.1 Å². The van der Waals surface area contributed by atoms with Gasteiger partial charge in [0, 0.05) is 28.5 Å². The van der Waals surface area contributed by atoms with E-state index < -0.39 is 11.9 Å². The van der Waals surface area contributed by atoms with Crippen molar-refractivity contribution >= 4 is 23.5 Å². The summed E-state index contributed by atoms with van der Waals surface area (Å²) < 4.78 is 14.0. The second-order valence-electron chi connectivity index (χ2n) is 6.78. The zero-order valence-corrected chi connectivity index (χ0v) is 14.1. The number of carboxylic acids is 1. The van der Waals surface area contributed by atoms with Gasteiger partial charge in [-0.1, -0.05) is 36.9 Å². The first-order chi connectivity index (χ1) is 11.5. The van der Waals surface area contributed by atoms with Crippen LogP contribution in [0.2, 0.25) is 5.02 Å². The molecule has 0 saturated heterocycles. The average molecular weight is 354 g/mol. The third kappa shape index (κ3) is 3.56. The van der Waals surface area contributed by atoms with Gasteiger partial charge in [0.05, 0.1) is 5.92 Å². The SMILES string of the molecule is O=C(N[C@H]1CCCCC[C@H]1C(=O)O)C1CC1c1c(F)cccc1Cl. The van der Waals surface area contributed by atoms with Crippen LogP contribution in [0.1, 0.15) is 50.0 Å². The Kier molecular flexibility index (Phi) is 5.09. The number of aliphatic carboxylic acids is 1. The van der Waals surface area contributed by atoms with Gasteiger partial charge in [-0.05, 0) is 31.4 Å². The molecule has 0 radical (unpaired) electrons.